The van der Waals surface area contributed by atoms with Crippen LogP contribution in [0, 0.1) is 11.8 Å². The summed E-state index contributed by atoms with van der Waals surface area (Å²) in [5, 5.41) is 0. The van der Waals surface area contributed by atoms with Crippen molar-refractivity contribution in [2.45, 2.75) is 46.5 Å². The summed E-state index contributed by atoms with van der Waals surface area (Å²) in [6.45, 7) is 8.31. The number of hydrogen-bond donors (Lipinski definition) is 0. The zero-order valence-corrected chi connectivity index (χ0v) is 11.8. The minimum Gasteiger partial charge on any atom is -0.466 e. The largest absolute Gasteiger partial charge is 0.466 e. The average Bonchev–Trinajstić information content (AvgIpc) is 2.36. The Bertz CT molecular complexity index is 281. The van der Waals surface area contributed by atoms with Crippen LogP contribution in [0.2, 0.25) is 0 Å². The lowest BCUT2D eigenvalue weighted by molar-refractivity contribution is -0.146. The molecule has 0 spiro atoms. The first-order chi connectivity index (χ1) is 8.54. The van der Waals surface area contributed by atoms with E-state index in [1.807, 2.05) is 4.90 Å². The van der Waals surface area contributed by atoms with Gasteiger partial charge >= 0.3 is 5.97 Å². The standard InChI is InChI=1S/C14H25NO3/c1-4-18-14(17)6-5-13(16)15-9-7-12(8-10-15)11(2)3/h11-12H,4-10H2,1-3H3. The second-order valence-corrected chi connectivity index (χ2v) is 5.27. The summed E-state index contributed by atoms with van der Waals surface area (Å²) < 4.78 is 4.82. The van der Waals surface area contributed by atoms with Gasteiger partial charge in [-0.1, -0.05) is 13.8 Å². The molecule has 18 heavy (non-hydrogen) atoms. The van der Waals surface area contributed by atoms with Crippen molar-refractivity contribution in [1.29, 1.82) is 0 Å². The maximum absolute atomic E-state index is 11.9. The molecule has 1 aliphatic heterocycles. The first-order valence-corrected chi connectivity index (χ1v) is 6.98. The highest BCUT2D eigenvalue weighted by Gasteiger charge is 2.24. The lowest BCUT2D eigenvalue weighted by Crippen LogP contribution is -2.39. The molecule has 0 N–H and O–H groups in total. The molecule has 1 amide bonds. The third kappa shape index (κ3) is 4.67. The van der Waals surface area contributed by atoms with Crippen molar-refractivity contribution >= 4 is 11.9 Å². The fraction of sp³-hybridized carbons (Fsp3) is 0.857. The Kier molecular flexibility index (Phi) is 6.16. The van der Waals surface area contributed by atoms with E-state index in [0.29, 0.717) is 12.5 Å². The van der Waals surface area contributed by atoms with Crippen molar-refractivity contribution in [1.82, 2.24) is 4.90 Å². The van der Waals surface area contributed by atoms with E-state index in [4.69, 9.17) is 4.74 Å². The molecule has 4 nitrogen and oxygen atoms in total. The number of nitrogens with zero attached hydrogens (tertiary/aromatic N) is 1. The molecule has 1 saturated heterocycles. The van der Waals surface area contributed by atoms with Gasteiger partial charge in [0.15, 0.2) is 0 Å². The number of piperidine rings is 1. The van der Waals surface area contributed by atoms with Crippen LogP contribution in [-0.2, 0) is 14.3 Å². The first-order valence-electron chi connectivity index (χ1n) is 6.98. The maximum Gasteiger partial charge on any atom is 0.306 e. The van der Waals surface area contributed by atoms with E-state index in [0.717, 1.165) is 31.8 Å². The highest BCUT2D eigenvalue weighted by atomic mass is 16.5. The van der Waals surface area contributed by atoms with E-state index >= 15 is 0 Å². The summed E-state index contributed by atoms with van der Waals surface area (Å²) in [7, 11) is 0. The quantitative estimate of drug-likeness (QED) is 0.708. The Labute approximate surface area is 110 Å². The zero-order chi connectivity index (χ0) is 13.5. The molecule has 0 aliphatic carbocycles. The maximum atomic E-state index is 11.9. The lowest BCUT2D eigenvalue weighted by Gasteiger charge is -2.33. The van der Waals surface area contributed by atoms with Crippen molar-refractivity contribution in [2.75, 3.05) is 19.7 Å². The molecule has 1 fully saturated rings. The van der Waals surface area contributed by atoms with E-state index in [1.54, 1.807) is 6.92 Å². The molecule has 1 heterocycles. The molecule has 0 unspecified atom stereocenters. The van der Waals surface area contributed by atoms with E-state index in [9.17, 15) is 9.59 Å². The molecule has 0 bridgehead atoms. The Morgan fingerprint density at radius 1 is 1.22 bits per heavy atom. The number of amides is 1. The number of hydrogen-bond acceptors (Lipinski definition) is 3. The topological polar surface area (TPSA) is 46.6 Å². The van der Waals surface area contributed by atoms with E-state index in [-0.39, 0.29) is 24.7 Å². The lowest BCUT2D eigenvalue weighted by atomic mass is 9.86. The fourth-order valence-electron chi connectivity index (χ4n) is 2.42. The molecular weight excluding hydrogens is 230 g/mol. The summed E-state index contributed by atoms with van der Waals surface area (Å²) in [6, 6.07) is 0. The normalized spacial score (nSPS) is 17.0. The SMILES string of the molecule is CCOC(=O)CCC(=O)N1CCC(C(C)C)CC1. The summed E-state index contributed by atoms with van der Waals surface area (Å²) in [4.78, 5) is 25.0. The van der Waals surface area contributed by atoms with Crippen LogP contribution in [0.1, 0.15) is 46.5 Å². The van der Waals surface area contributed by atoms with Crippen LogP contribution in [-0.4, -0.2) is 36.5 Å². The molecule has 104 valence electrons. The molecule has 0 saturated carbocycles. The minimum atomic E-state index is -0.275. The number of ether oxygens (including phenoxy) is 1. The Morgan fingerprint density at radius 3 is 2.33 bits per heavy atom. The van der Waals surface area contributed by atoms with E-state index < -0.39 is 0 Å². The van der Waals surface area contributed by atoms with Crippen molar-refractivity contribution in [2.24, 2.45) is 11.8 Å². The number of carbonyl (C=O) groups excluding carboxylic acids is 2. The third-order valence-corrected chi connectivity index (χ3v) is 3.68. The van der Waals surface area contributed by atoms with Crippen LogP contribution in [0.4, 0.5) is 0 Å². The van der Waals surface area contributed by atoms with Crippen molar-refractivity contribution in [3.63, 3.8) is 0 Å². The molecule has 0 aromatic heterocycles. The monoisotopic (exact) mass is 255 g/mol. The number of likely N-dealkylation sites (tertiary alicyclic amines) is 1. The molecule has 0 aromatic rings. The predicted molar refractivity (Wildman–Crippen MR) is 70.0 cm³/mol. The molecule has 0 aromatic carbocycles. The number of rotatable bonds is 5. The summed E-state index contributed by atoms with van der Waals surface area (Å²) >= 11 is 0. The van der Waals surface area contributed by atoms with Gasteiger partial charge in [0.1, 0.15) is 0 Å². The van der Waals surface area contributed by atoms with Gasteiger partial charge < -0.3 is 9.64 Å². The highest BCUT2D eigenvalue weighted by Crippen LogP contribution is 2.24. The number of carbonyl (C=O) groups is 2. The average molecular weight is 255 g/mol. The zero-order valence-electron chi connectivity index (χ0n) is 11.8. The van der Waals surface area contributed by atoms with Crippen LogP contribution in [0.5, 0.6) is 0 Å². The molecule has 0 atom stereocenters. The summed E-state index contributed by atoms with van der Waals surface area (Å²) in [5.74, 6) is 1.24. The van der Waals surface area contributed by atoms with Gasteiger partial charge in [-0.2, -0.15) is 0 Å². The van der Waals surface area contributed by atoms with Crippen LogP contribution >= 0.6 is 0 Å². The Balaban J connectivity index is 2.26. The first kappa shape index (κ1) is 15.0. The van der Waals surface area contributed by atoms with Crippen molar-refractivity contribution in [3.05, 3.63) is 0 Å². The fourth-order valence-corrected chi connectivity index (χ4v) is 2.42. The third-order valence-electron chi connectivity index (χ3n) is 3.68. The van der Waals surface area contributed by atoms with Crippen LogP contribution in [0.25, 0.3) is 0 Å². The van der Waals surface area contributed by atoms with Crippen molar-refractivity contribution in [3.8, 4) is 0 Å². The van der Waals surface area contributed by atoms with Crippen LogP contribution in [0.3, 0.4) is 0 Å². The van der Waals surface area contributed by atoms with Gasteiger partial charge in [-0.15, -0.1) is 0 Å². The van der Waals surface area contributed by atoms with Gasteiger partial charge in [-0.05, 0) is 31.6 Å². The van der Waals surface area contributed by atoms with Gasteiger partial charge in [0, 0.05) is 19.5 Å². The second-order valence-electron chi connectivity index (χ2n) is 5.27. The van der Waals surface area contributed by atoms with Gasteiger partial charge in [-0.25, -0.2) is 0 Å². The summed E-state index contributed by atoms with van der Waals surface area (Å²) in [5.41, 5.74) is 0. The summed E-state index contributed by atoms with van der Waals surface area (Å²) in [6.07, 6.45) is 2.66. The molecule has 1 aliphatic rings. The van der Waals surface area contributed by atoms with Gasteiger partial charge in [0.05, 0.1) is 13.0 Å². The predicted octanol–water partition coefficient (Wildman–Crippen LogP) is 2.22. The second kappa shape index (κ2) is 7.39. The van der Waals surface area contributed by atoms with Gasteiger partial charge in [0.25, 0.3) is 0 Å². The van der Waals surface area contributed by atoms with Crippen molar-refractivity contribution < 1.29 is 14.3 Å². The molecular formula is C14H25NO3. The van der Waals surface area contributed by atoms with E-state index in [1.165, 1.54) is 0 Å². The van der Waals surface area contributed by atoms with Crippen LogP contribution < -0.4 is 0 Å². The smallest absolute Gasteiger partial charge is 0.306 e. The van der Waals surface area contributed by atoms with E-state index in [2.05, 4.69) is 13.8 Å². The Hall–Kier alpha value is -1.06. The Morgan fingerprint density at radius 2 is 1.83 bits per heavy atom. The van der Waals surface area contributed by atoms with Gasteiger partial charge in [-0.3, -0.25) is 9.59 Å². The molecule has 4 heteroatoms. The highest BCUT2D eigenvalue weighted by molar-refractivity contribution is 5.81. The number of esters is 1. The van der Waals surface area contributed by atoms with Crippen LogP contribution in [0.15, 0.2) is 0 Å². The van der Waals surface area contributed by atoms with Gasteiger partial charge in [0.2, 0.25) is 5.91 Å². The molecule has 1 rings (SSSR count). The molecule has 0 radical (unpaired) electrons. The minimum absolute atomic E-state index is 0.0882.